The van der Waals surface area contributed by atoms with Gasteiger partial charge in [0.2, 0.25) is 0 Å². The molecular weight excluding hydrogens is 443 g/mol. The number of hydrogen-bond donors (Lipinski definition) is 0. The van der Waals surface area contributed by atoms with Crippen LogP contribution >= 0.6 is 42.3 Å². The molecule has 7 heteroatoms. The van der Waals surface area contributed by atoms with E-state index >= 15 is 0 Å². The van der Waals surface area contributed by atoms with E-state index in [4.69, 9.17) is 24.4 Å². The summed E-state index contributed by atoms with van der Waals surface area (Å²) in [6.07, 6.45) is 5.14. The summed E-state index contributed by atoms with van der Waals surface area (Å²) in [5, 5.41) is 0. The van der Waals surface area contributed by atoms with Crippen LogP contribution in [-0.2, 0) is 0 Å². The van der Waals surface area contributed by atoms with Crippen molar-refractivity contribution in [1.82, 2.24) is 9.80 Å². The number of hydrogen-bond acceptors (Lipinski definition) is 4. The third-order valence-corrected chi connectivity index (χ3v) is 33.6. The van der Waals surface area contributed by atoms with Crippen molar-refractivity contribution in [3.8, 4) is 0 Å². The van der Waals surface area contributed by atoms with Gasteiger partial charge in [-0.3, -0.25) is 0 Å². The molecule has 0 heterocycles. The monoisotopic (exact) mass is 474 g/mol. The van der Waals surface area contributed by atoms with Gasteiger partial charge in [0.05, 0.1) is 0 Å². The van der Waals surface area contributed by atoms with Gasteiger partial charge in [-0.25, -0.2) is 0 Å². The number of thiocarbonyl (C=S) groups is 2. The van der Waals surface area contributed by atoms with Crippen molar-refractivity contribution in [2.45, 2.75) is 48.4 Å². The molecule has 0 fully saturated rings. The predicted octanol–water partition coefficient (Wildman–Crippen LogP) is 5.19. The second-order valence-electron chi connectivity index (χ2n) is 5.64. The zero-order valence-corrected chi connectivity index (χ0v) is 20.4. The summed E-state index contributed by atoms with van der Waals surface area (Å²) in [6.45, 7) is 4.56. The molecule has 0 N–H and O–H groups in total. The fourth-order valence-corrected chi connectivity index (χ4v) is 37.9. The molecule has 0 bridgehead atoms. The molecule has 0 aromatic rings. The van der Waals surface area contributed by atoms with E-state index in [1.165, 1.54) is 34.6 Å². The van der Waals surface area contributed by atoms with Gasteiger partial charge in [-0.2, -0.15) is 0 Å². The molecule has 21 heavy (non-hydrogen) atoms. The van der Waals surface area contributed by atoms with Crippen LogP contribution in [0.1, 0.15) is 39.5 Å². The number of rotatable bonds is 8. The van der Waals surface area contributed by atoms with E-state index in [2.05, 4.69) is 51.8 Å². The molecule has 2 nitrogen and oxygen atoms in total. The molecule has 0 radical (unpaired) electrons. The molecule has 0 amide bonds. The van der Waals surface area contributed by atoms with E-state index in [0.717, 1.165) is 8.64 Å². The van der Waals surface area contributed by atoms with Gasteiger partial charge in [0.15, 0.2) is 0 Å². The number of nitrogens with zero attached hydrogens (tertiary/aromatic N) is 2. The average Bonchev–Trinajstić information content (AvgIpc) is 2.42. The van der Waals surface area contributed by atoms with Gasteiger partial charge in [-0.1, -0.05) is 0 Å². The third kappa shape index (κ3) is 9.23. The Morgan fingerprint density at radius 3 is 1.38 bits per heavy atom. The Hall–Kier alpha value is 1.28. The van der Waals surface area contributed by atoms with Crippen LogP contribution in [0.15, 0.2) is 0 Å². The summed E-state index contributed by atoms with van der Waals surface area (Å²) in [6, 6.07) is 0. The van der Waals surface area contributed by atoms with Crippen molar-refractivity contribution in [3.05, 3.63) is 0 Å². The van der Waals surface area contributed by atoms with Gasteiger partial charge < -0.3 is 0 Å². The van der Waals surface area contributed by atoms with E-state index in [9.17, 15) is 0 Å². The quantitative estimate of drug-likeness (QED) is 0.351. The molecule has 0 aliphatic rings. The first-order chi connectivity index (χ1) is 9.78. The number of unbranched alkanes of at least 4 members (excludes halogenated alkanes) is 2. The molecule has 0 aliphatic carbocycles. The predicted molar refractivity (Wildman–Crippen MR) is 113 cm³/mol. The summed E-state index contributed by atoms with van der Waals surface area (Å²) in [5.74, 6) is 0. The average molecular weight is 473 g/mol. The SMILES string of the molecule is CCC[CH2][Sn]([CH2]CCC)([S]C(=S)N(C)C)[S]C(=S)N(C)C. The maximum absolute atomic E-state index is 5.62. The second-order valence-corrected chi connectivity index (χ2v) is 31.9. The Balaban J connectivity index is 5.18. The summed E-state index contributed by atoms with van der Waals surface area (Å²) < 4.78 is 4.82. The van der Waals surface area contributed by atoms with Crippen molar-refractivity contribution < 1.29 is 0 Å². The Kier molecular flexibility index (Phi) is 12.5. The van der Waals surface area contributed by atoms with E-state index in [1.54, 1.807) is 0 Å². The van der Waals surface area contributed by atoms with Crippen LogP contribution < -0.4 is 0 Å². The Morgan fingerprint density at radius 1 is 0.810 bits per heavy atom. The van der Waals surface area contributed by atoms with Crippen molar-refractivity contribution in [3.63, 3.8) is 0 Å². The van der Waals surface area contributed by atoms with Gasteiger partial charge in [0.1, 0.15) is 0 Å². The van der Waals surface area contributed by atoms with Crippen molar-refractivity contribution in [2.24, 2.45) is 0 Å². The van der Waals surface area contributed by atoms with Crippen molar-refractivity contribution in [2.75, 3.05) is 28.2 Å². The van der Waals surface area contributed by atoms with Crippen LogP contribution in [0.4, 0.5) is 0 Å². The Bertz CT molecular complexity index is 303. The van der Waals surface area contributed by atoms with Crippen molar-refractivity contribution in [1.29, 1.82) is 0 Å². The zero-order chi connectivity index (χ0) is 16.5. The van der Waals surface area contributed by atoms with E-state index in [0.29, 0.717) is 0 Å². The van der Waals surface area contributed by atoms with E-state index in [1.807, 2.05) is 17.9 Å². The van der Waals surface area contributed by atoms with Gasteiger partial charge in [0, 0.05) is 0 Å². The molecule has 0 spiro atoms. The molecule has 0 rings (SSSR count). The first kappa shape index (κ1) is 22.3. The molecule has 0 aromatic carbocycles. The van der Waals surface area contributed by atoms with Crippen LogP contribution in [0, 0.1) is 0 Å². The fourth-order valence-electron chi connectivity index (χ4n) is 1.74. The second kappa shape index (κ2) is 11.8. The minimum atomic E-state index is -2.49. The summed E-state index contributed by atoms with van der Waals surface area (Å²) >= 11 is 8.74. The normalized spacial score (nSPS) is 11.3. The summed E-state index contributed by atoms with van der Waals surface area (Å²) in [7, 11) is 12.3. The van der Waals surface area contributed by atoms with Crippen LogP contribution in [-0.4, -0.2) is 62.2 Å². The first-order valence-corrected chi connectivity index (χ1v) is 21.1. The van der Waals surface area contributed by atoms with Crippen LogP contribution in [0.25, 0.3) is 0 Å². The van der Waals surface area contributed by atoms with E-state index in [-0.39, 0.29) is 0 Å². The topological polar surface area (TPSA) is 6.48 Å². The first-order valence-electron chi connectivity index (χ1n) is 7.58. The van der Waals surface area contributed by atoms with Crippen molar-refractivity contribution >= 4 is 66.6 Å². The fraction of sp³-hybridized carbons (Fsp3) is 0.857. The standard InChI is InChI=1S/2C4H9.2C3H7NS2.Sn/c2*1-3-4-2;2*1-4(2)3(5)6;/h2*1,3-4H2,2H3;2*1-2H3,(H,5,6);/q;;;;+2/p-2. The molecule has 0 saturated carbocycles. The Morgan fingerprint density at radius 2 is 1.14 bits per heavy atom. The van der Waals surface area contributed by atoms with Crippen LogP contribution in [0.2, 0.25) is 8.87 Å². The molecular formula is C14H30N2S4Sn. The minimum absolute atomic E-state index is 1.05. The maximum atomic E-state index is 5.62. The third-order valence-electron chi connectivity index (χ3n) is 3.10. The van der Waals surface area contributed by atoms with Gasteiger partial charge in [0.25, 0.3) is 0 Å². The molecule has 0 aliphatic heterocycles. The molecule has 124 valence electrons. The molecule has 0 atom stereocenters. The summed E-state index contributed by atoms with van der Waals surface area (Å²) in [5.41, 5.74) is 0. The van der Waals surface area contributed by atoms with Crippen LogP contribution in [0.5, 0.6) is 0 Å². The van der Waals surface area contributed by atoms with Crippen LogP contribution in [0.3, 0.4) is 0 Å². The molecule has 0 aromatic heterocycles. The van der Waals surface area contributed by atoms with Gasteiger partial charge in [-0.15, -0.1) is 0 Å². The van der Waals surface area contributed by atoms with E-state index < -0.39 is 15.6 Å². The molecule has 0 unspecified atom stereocenters. The van der Waals surface area contributed by atoms with Gasteiger partial charge in [-0.05, 0) is 0 Å². The zero-order valence-electron chi connectivity index (χ0n) is 14.3. The van der Waals surface area contributed by atoms with Gasteiger partial charge >= 0.3 is 153 Å². The summed E-state index contributed by atoms with van der Waals surface area (Å²) in [4.78, 5) is 4.17. The molecule has 0 saturated heterocycles. The Labute approximate surface area is 151 Å².